The van der Waals surface area contributed by atoms with Gasteiger partial charge in [-0.15, -0.1) is 0 Å². The molecule has 1 aromatic rings. The van der Waals surface area contributed by atoms with Crippen LogP contribution in [0.4, 0.5) is 0 Å². The largest absolute Gasteiger partial charge is 0.484 e. The van der Waals surface area contributed by atoms with Gasteiger partial charge in [0.2, 0.25) is 11.8 Å². The molecule has 2 heterocycles. The van der Waals surface area contributed by atoms with Crippen LogP contribution in [-0.4, -0.2) is 60.2 Å². The first kappa shape index (κ1) is 24.4. The van der Waals surface area contributed by atoms with E-state index in [9.17, 15) is 24.0 Å². The molecule has 3 rings (SSSR count). The van der Waals surface area contributed by atoms with E-state index in [-0.39, 0.29) is 42.2 Å². The summed E-state index contributed by atoms with van der Waals surface area (Å²) < 4.78 is 5.49. The van der Waals surface area contributed by atoms with Crippen LogP contribution in [0.2, 0.25) is 0 Å². The fourth-order valence-corrected chi connectivity index (χ4v) is 3.94. The molecule has 10 heteroatoms. The number of carbonyl (C=O) groups excluding carboxylic acids is 5. The van der Waals surface area contributed by atoms with Gasteiger partial charge in [0.1, 0.15) is 11.8 Å². The lowest BCUT2D eigenvalue weighted by Crippen LogP contribution is -2.54. The highest BCUT2D eigenvalue weighted by atomic mass is 16.5. The lowest BCUT2D eigenvalue weighted by molar-refractivity contribution is -0.136. The molecule has 1 aromatic carbocycles. The van der Waals surface area contributed by atoms with Crippen molar-refractivity contribution >= 4 is 29.5 Å². The number of hydrogen-bond acceptors (Lipinski definition) is 7. The van der Waals surface area contributed by atoms with Gasteiger partial charge in [-0.05, 0) is 44.0 Å². The predicted molar refractivity (Wildman–Crippen MR) is 118 cm³/mol. The molecule has 2 aliphatic heterocycles. The first-order chi connectivity index (χ1) is 15.9. The van der Waals surface area contributed by atoms with Crippen LogP contribution in [0.25, 0.3) is 0 Å². The Morgan fingerprint density at radius 1 is 1.03 bits per heavy atom. The number of nitrogens with one attached hydrogen (secondary N) is 2. The summed E-state index contributed by atoms with van der Waals surface area (Å²) in [5.41, 5.74) is 5.73. The number of nitrogens with two attached hydrogens (primary N) is 1. The van der Waals surface area contributed by atoms with Gasteiger partial charge < -0.3 is 15.8 Å². The highest BCUT2D eigenvalue weighted by molar-refractivity contribution is 6.23. The molecule has 5 amide bonds. The zero-order valence-corrected chi connectivity index (χ0v) is 18.6. The number of fused-ring (bicyclic) bond motifs is 1. The first-order valence-electron chi connectivity index (χ1n) is 11.4. The molecule has 2 aliphatic rings. The van der Waals surface area contributed by atoms with Gasteiger partial charge in [-0.3, -0.25) is 34.2 Å². The van der Waals surface area contributed by atoms with Gasteiger partial charge in [-0.1, -0.05) is 25.7 Å². The van der Waals surface area contributed by atoms with Gasteiger partial charge >= 0.3 is 0 Å². The van der Waals surface area contributed by atoms with E-state index in [0.29, 0.717) is 6.54 Å². The highest BCUT2D eigenvalue weighted by Gasteiger charge is 2.44. The minimum Gasteiger partial charge on any atom is -0.484 e. The summed E-state index contributed by atoms with van der Waals surface area (Å²) in [6.45, 7) is 1.08. The van der Waals surface area contributed by atoms with E-state index in [1.54, 1.807) is 0 Å². The van der Waals surface area contributed by atoms with Crippen molar-refractivity contribution in [1.82, 2.24) is 15.5 Å². The third-order valence-corrected chi connectivity index (χ3v) is 5.73. The van der Waals surface area contributed by atoms with Gasteiger partial charge in [-0.2, -0.15) is 0 Å². The predicted octanol–water partition coefficient (Wildman–Crippen LogP) is 0.882. The number of benzene rings is 1. The molecule has 33 heavy (non-hydrogen) atoms. The summed E-state index contributed by atoms with van der Waals surface area (Å²) in [6.07, 6.45) is 6.52. The molecule has 0 bridgehead atoms. The van der Waals surface area contributed by atoms with Gasteiger partial charge in [0, 0.05) is 13.0 Å². The number of carbonyl (C=O) groups is 5. The molecule has 0 aliphatic carbocycles. The molecule has 1 atom stereocenters. The zero-order chi connectivity index (χ0) is 23.8. The van der Waals surface area contributed by atoms with Crippen molar-refractivity contribution in [2.45, 2.75) is 57.4 Å². The second-order valence-electron chi connectivity index (χ2n) is 8.20. The third-order valence-electron chi connectivity index (χ3n) is 5.73. The minimum atomic E-state index is -1.02. The number of piperidine rings is 1. The number of imide groups is 2. The average molecular weight is 459 g/mol. The summed E-state index contributed by atoms with van der Waals surface area (Å²) in [5.74, 6) is -2.29. The molecule has 0 saturated carbocycles. The SMILES string of the molecule is NCCCCCCCCNC(=O)COc1ccc2c(c1)C(=O)N(C1CCC(=O)NC1=O)C2=O. The average Bonchev–Trinajstić information content (AvgIpc) is 3.04. The van der Waals surface area contributed by atoms with E-state index in [4.69, 9.17) is 10.5 Å². The van der Waals surface area contributed by atoms with Crippen molar-refractivity contribution in [3.05, 3.63) is 29.3 Å². The fraction of sp³-hybridized carbons (Fsp3) is 0.522. The highest BCUT2D eigenvalue weighted by Crippen LogP contribution is 2.30. The van der Waals surface area contributed by atoms with Crippen molar-refractivity contribution in [2.75, 3.05) is 19.7 Å². The monoisotopic (exact) mass is 458 g/mol. The molecule has 4 N–H and O–H groups in total. The Kier molecular flexibility index (Phi) is 8.53. The van der Waals surface area contributed by atoms with E-state index in [1.807, 2.05) is 0 Å². The first-order valence-corrected chi connectivity index (χ1v) is 11.4. The van der Waals surface area contributed by atoms with Crippen LogP contribution >= 0.6 is 0 Å². The summed E-state index contributed by atoms with van der Waals surface area (Å²) in [7, 11) is 0. The number of rotatable bonds is 12. The van der Waals surface area contributed by atoms with E-state index in [1.165, 1.54) is 18.2 Å². The van der Waals surface area contributed by atoms with Gasteiger partial charge in [0.25, 0.3) is 17.7 Å². The van der Waals surface area contributed by atoms with E-state index < -0.39 is 29.7 Å². The minimum absolute atomic E-state index is 0.0571. The summed E-state index contributed by atoms with van der Waals surface area (Å²) >= 11 is 0. The van der Waals surface area contributed by atoms with E-state index in [0.717, 1.165) is 50.0 Å². The standard InChI is InChI=1S/C23H30N4O6/c24-11-5-3-1-2-4-6-12-25-20(29)14-33-15-7-8-16-17(13-15)23(32)27(22(16)31)18-9-10-19(28)26-21(18)30/h7-8,13,18H,1-6,9-12,14,24H2,(H,25,29)(H,26,28,30). The number of ether oxygens (including phenoxy) is 1. The van der Waals surface area contributed by atoms with Gasteiger partial charge in [-0.25, -0.2) is 0 Å². The van der Waals surface area contributed by atoms with Crippen molar-refractivity contribution in [3.8, 4) is 5.75 Å². The lowest BCUT2D eigenvalue weighted by Gasteiger charge is -2.27. The Morgan fingerprint density at radius 3 is 2.45 bits per heavy atom. The maximum absolute atomic E-state index is 12.8. The van der Waals surface area contributed by atoms with Crippen LogP contribution in [-0.2, 0) is 14.4 Å². The summed E-state index contributed by atoms with van der Waals surface area (Å²) in [4.78, 5) is 61.9. The van der Waals surface area contributed by atoms with Crippen LogP contribution in [0.15, 0.2) is 18.2 Å². The Hall–Kier alpha value is -3.27. The lowest BCUT2D eigenvalue weighted by atomic mass is 10.0. The van der Waals surface area contributed by atoms with E-state index >= 15 is 0 Å². The van der Waals surface area contributed by atoms with Gasteiger partial charge in [0.05, 0.1) is 11.1 Å². The molecule has 0 aromatic heterocycles. The molecular formula is C23H30N4O6. The Labute approximate surface area is 192 Å². The second kappa shape index (κ2) is 11.6. The molecule has 178 valence electrons. The number of hydrogen-bond donors (Lipinski definition) is 3. The Morgan fingerprint density at radius 2 is 1.73 bits per heavy atom. The number of amides is 5. The second-order valence-corrected chi connectivity index (χ2v) is 8.20. The van der Waals surface area contributed by atoms with Crippen LogP contribution in [0, 0.1) is 0 Å². The molecule has 0 spiro atoms. The van der Waals surface area contributed by atoms with Crippen LogP contribution in [0.5, 0.6) is 5.75 Å². The molecule has 1 unspecified atom stereocenters. The summed E-state index contributed by atoms with van der Waals surface area (Å²) in [5, 5.41) is 4.95. The summed E-state index contributed by atoms with van der Waals surface area (Å²) in [6, 6.07) is 3.33. The molecule has 10 nitrogen and oxygen atoms in total. The van der Waals surface area contributed by atoms with Crippen LogP contribution in [0.3, 0.4) is 0 Å². The van der Waals surface area contributed by atoms with Crippen LogP contribution in [0.1, 0.15) is 72.1 Å². The zero-order valence-electron chi connectivity index (χ0n) is 18.6. The normalized spacial score (nSPS) is 17.7. The maximum Gasteiger partial charge on any atom is 0.262 e. The Bertz CT molecular complexity index is 932. The van der Waals surface area contributed by atoms with Crippen molar-refractivity contribution < 1.29 is 28.7 Å². The number of nitrogens with zero attached hydrogens (tertiary/aromatic N) is 1. The third kappa shape index (κ3) is 6.16. The topological polar surface area (TPSA) is 148 Å². The fourth-order valence-electron chi connectivity index (χ4n) is 3.94. The maximum atomic E-state index is 12.8. The van der Waals surface area contributed by atoms with Crippen molar-refractivity contribution in [3.63, 3.8) is 0 Å². The molecular weight excluding hydrogens is 428 g/mol. The van der Waals surface area contributed by atoms with E-state index in [2.05, 4.69) is 10.6 Å². The quantitative estimate of drug-likeness (QED) is 0.311. The number of unbranched alkanes of at least 4 members (excludes halogenated alkanes) is 5. The van der Waals surface area contributed by atoms with Gasteiger partial charge in [0.15, 0.2) is 6.61 Å². The molecule has 0 radical (unpaired) electrons. The molecule has 1 fully saturated rings. The molecule has 1 saturated heterocycles. The van der Waals surface area contributed by atoms with Crippen molar-refractivity contribution in [2.24, 2.45) is 5.73 Å². The smallest absolute Gasteiger partial charge is 0.262 e. The van der Waals surface area contributed by atoms with Crippen molar-refractivity contribution in [1.29, 1.82) is 0 Å². The van der Waals surface area contributed by atoms with Crippen LogP contribution < -0.4 is 21.1 Å². The Balaban J connectivity index is 1.46.